The third-order valence-corrected chi connectivity index (χ3v) is 3.59. The van der Waals surface area contributed by atoms with Crippen molar-refractivity contribution in [1.82, 2.24) is 9.97 Å². The highest BCUT2D eigenvalue weighted by Gasteiger charge is 2.06. The average molecular weight is 331 g/mol. The van der Waals surface area contributed by atoms with Gasteiger partial charge in [0.05, 0.1) is 22.3 Å². The molecule has 0 spiro atoms. The van der Waals surface area contributed by atoms with E-state index in [9.17, 15) is 9.18 Å². The number of aromatic nitrogens is 2. The van der Waals surface area contributed by atoms with E-state index in [4.69, 9.17) is 16.3 Å². The molecule has 3 rings (SSSR count). The summed E-state index contributed by atoms with van der Waals surface area (Å²) in [4.78, 5) is 19.8. The Morgan fingerprint density at radius 1 is 1.17 bits per heavy atom. The van der Waals surface area contributed by atoms with Crippen molar-refractivity contribution in [3.05, 3.63) is 64.7 Å². The molecule has 23 heavy (non-hydrogen) atoms. The highest BCUT2D eigenvalue weighted by atomic mass is 35.5. The van der Waals surface area contributed by atoms with Crippen molar-refractivity contribution in [1.29, 1.82) is 0 Å². The van der Waals surface area contributed by atoms with Gasteiger partial charge in [-0.25, -0.2) is 4.39 Å². The van der Waals surface area contributed by atoms with Crippen molar-refractivity contribution in [2.75, 3.05) is 0 Å². The van der Waals surface area contributed by atoms with E-state index in [-0.39, 0.29) is 17.4 Å². The Morgan fingerprint density at radius 3 is 2.65 bits per heavy atom. The number of hydrogen-bond acceptors (Lipinski definition) is 4. The van der Waals surface area contributed by atoms with E-state index in [0.29, 0.717) is 22.3 Å². The molecule has 2 aromatic heterocycles. The first-order valence-electron chi connectivity index (χ1n) is 6.86. The molecule has 0 N–H and O–H groups in total. The Labute approximate surface area is 136 Å². The molecule has 0 aliphatic heterocycles. The van der Waals surface area contributed by atoms with Gasteiger partial charge in [0.2, 0.25) is 0 Å². The number of nitrogens with zero attached hydrogens (tertiary/aromatic N) is 2. The number of rotatable bonds is 4. The predicted octanol–water partition coefficient (Wildman–Crippen LogP) is 4.20. The number of benzene rings is 1. The molecule has 0 aliphatic carbocycles. The standard InChI is InChI=1S/C17H12ClFN2O2/c1-10(22)12-5-16-17(20-7-12)6-13(8-21-16)23-9-11-2-3-15(19)14(18)4-11/h2-8H,9H2,1H3. The topological polar surface area (TPSA) is 52.1 Å². The summed E-state index contributed by atoms with van der Waals surface area (Å²) >= 11 is 5.73. The minimum absolute atomic E-state index is 0.0566. The normalized spacial score (nSPS) is 10.7. The number of halogens is 2. The highest BCUT2D eigenvalue weighted by molar-refractivity contribution is 6.30. The maximum absolute atomic E-state index is 13.1. The van der Waals surface area contributed by atoms with Gasteiger partial charge in [0.15, 0.2) is 5.78 Å². The SMILES string of the molecule is CC(=O)c1cnc2cc(OCc3ccc(F)c(Cl)c3)cnc2c1. The molecule has 116 valence electrons. The van der Waals surface area contributed by atoms with Crippen molar-refractivity contribution in [3.8, 4) is 5.75 Å². The second kappa shape index (κ2) is 6.30. The monoisotopic (exact) mass is 330 g/mol. The molecule has 6 heteroatoms. The van der Waals surface area contributed by atoms with E-state index < -0.39 is 5.82 Å². The van der Waals surface area contributed by atoms with Crippen LogP contribution in [0.5, 0.6) is 5.75 Å². The van der Waals surface area contributed by atoms with Gasteiger partial charge in [-0.2, -0.15) is 0 Å². The van der Waals surface area contributed by atoms with Crippen molar-refractivity contribution >= 4 is 28.4 Å². The molecular weight excluding hydrogens is 319 g/mol. The van der Waals surface area contributed by atoms with Crippen molar-refractivity contribution < 1.29 is 13.9 Å². The molecule has 3 aromatic rings. The molecule has 0 amide bonds. The van der Waals surface area contributed by atoms with E-state index in [1.165, 1.54) is 25.3 Å². The Bertz CT molecular complexity index is 899. The highest BCUT2D eigenvalue weighted by Crippen LogP contribution is 2.20. The fraction of sp³-hybridized carbons (Fsp3) is 0.118. The van der Waals surface area contributed by atoms with E-state index in [2.05, 4.69) is 9.97 Å². The second-order valence-electron chi connectivity index (χ2n) is 5.03. The third-order valence-electron chi connectivity index (χ3n) is 3.30. The van der Waals surface area contributed by atoms with Crippen LogP contribution in [0.1, 0.15) is 22.8 Å². The Hall–Kier alpha value is -2.53. The molecule has 0 saturated heterocycles. The average Bonchev–Trinajstić information content (AvgIpc) is 2.55. The summed E-state index contributed by atoms with van der Waals surface area (Å²) in [6.07, 6.45) is 3.06. The van der Waals surface area contributed by atoms with Gasteiger partial charge in [-0.15, -0.1) is 0 Å². The van der Waals surface area contributed by atoms with Crippen molar-refractivity contribution in [2.24, 2.45) is 0 Å². The summed E-state index contributed by atoms with van der Waals surface area (Å²) in [6, 6.07) is 7.84. The minimum Gasteiger partial charge on any atom is -0.487 e. The molecule has 0 fully saturated rings. The van der Waals surface area contributed by atoms with Crippen LogP contribution in [0.25, 0.3) is 11.0 Å². The summed E-state index contributed by atoms with van der Waals surface area (Å²) < 4.78 is 18.7. The molecule has 0 saturated carbocycles. The number of carbonyl (C=O) groups excluding carboxylic acids is 1. The molecule has 2 heterocycles. The quantitative estimate of drug-likeness (QED) is 0.673. The lowest BCUT2D eigenvalue weighted by Crippen LogP contribution is -1.98. The molecular formula is C17H12ClFN2O2. The molecule has 0 bridgehead atoms. The van der Waals surface area contributed by atoms with E-state index >= 15 is 0 Å². The zero-order valence-electron chi connectivity index (χ0n) is 12.2. The first-order chi connectivity index (χ1) is 11.0. The fourth-order valence-corrected chi connectivity index (χ4v) is 2.25. The van der Waals surface area contributed by atoms with Gasteiger partial charge in [-0.05, 0) is 30.7 Å². The lowest BCUT2D eigenvalue weighted by molar-refractivity contribution is 0.101. The number of ether oxygens (including phenoxy) is 1. The lowest BCUT2D eigenvalue weighted by atomic mass is 10.2. The van der Waals surface area contributed by atoms with Crippen LogP contribution in [0.3, 0.4) is 0 Å². The van der Waals surface area contributed by atoms with Crippen LogP contribution in [0.15, 0.2) is 42.7 Å². The number of carbonyl (C=O) groups is 1. The Kier molecular flexibility index (Phi) is 4.21. The summed E-state index contributed by atoms with van der Waals surface area (Å²) in [5.41, 5.74) is 2.51. The van der Waals surface area contributed by atoms with Crippen LogP contribution in [0.4, 0.5) is 4.39 Å². The second-order valence-corrected chi connectivity index (χ2v) is 5.43. The maximum Gasteiger partial charge on any atom is 0.161 e. The fourth-order valence-electron chi connectivity index (χ4n) is 2.05. The van der Waals surface area contributed by atoms with Crippen molar-refractivity contribution in [3.63, 3.8) is 0 Å². The number of Topliss-reactive ketones (excluding diaryl/α,β-unsaturated/α-hetero) is 1. The van der Waals surface area contributed by atoms with Gasteiger partial charge in [-0.3, -0.25) is 14.8 Å². The Balaban J connectivity index is 1.79. The zero-order valence-corrected chi connectivity index (χ0v) is 13.0. The van der Waals surface area contributed by atoms with Gasteiger partial charge < -0.3 is 4.74 Å². The summed E-state index contributed by atoms with van der Waals surface area (Å²) in [5.74, 6) is 0.00371. The van der Waals surface area contributed by atoms with E-state index in [0.717, 1.165) is 5.56 Å². The third kappa shape index (κ3) is 3.46. The first-order valence-corrected chi connectivity index (χ1v) is 7.24. The summed E-state index contributed by atoms with van der Waals surface area (Å²) in [6.45, 7) is 1.72. The predicted molar refractivity (Wildman–Crippen MR) is 85.3 cm³/mol. The lowest BCUT2D eigenvalue weighted by Gasteiger charge is -2.07. The molecule has 4 nitrogen and oxygen atoms in total. The van der Waals surface area contributed by atoms with Gasteiger partial charge in [-0.1, -0.05) is 17.7 Å². The smallest absolute Gasteiger partial charge is 0.161 e. The number of ketones is 1. The van der Waals surface area contributed by atoms with Crippen LogP contribution in [0.2, 0.25) is 5.02 Å². The van der Waals surface area contributed by atoms with Crippen LogP contribution in [-0.2, 0) is 6.61 Å². The molecule has 0 atom stereocenters. The number of hydrogen-bond donors (Lipinski definition) is 0. The van der Waals surface area contributed by atoms with Gasteiger partial charge in [0, 0.05) is 17.8 Å². The van der Waals surface area contributed by atoms with Crippen LogP contribution < -0.4 is 4.74 Å². The largest absolute Gasteiger partial charge is 0.487 e. The molecule has 0 radical (unpaired) electrons. The minimum atomic E-state index is -0.465. The summed E-state index contributed by atoms with van der Waals surface area (Å²) in [5, 5.41) is 0.0566. The van der Waals surface area contributed by atoms with Crippen LogP contribution >= 0.6 is 11.6 Å². The number of fused-ring (bicyclic) bond motifs is 1. The summed E-state index contributed by atoms with van der Waals surface area (Å²) in [7, 11) is 0. The van der Waals surface area contributed by atoms with Crippen molar-refractivity contribution in [2.45, 2.75) is 13.5 Å². The molecule has 0 unspecified atom stereocenters. The molecule has 1 aromatic carbocycles. The van der Waals surface area contributed by atoms with Gasteiger partial charge >= 0.3 is 0 Å². The van der Waals surface area contributed by atoms with E-state index in [1.54, 1.807) is 24.4 Å². The number of pyridine rings is 2. The van der Waals surface area contributed by atoms with Gasteiger partial charge in [0.1, 0.15) is 18.2 Å². The van der Waals surface area contributed by atoms with Crippen LogP contribution in [-0.4, -0.2) is 15.8 Å². The van der Waals surface area contributed by atoms with Crippen LogP contribution in [0, 0.1) is 5.82 Å². The van der Waals surface area contributed by atoms with E-state index in [1.807, 2.05) is 0 Å². The first kappa shape index (κ1) is 15.4. The zero-order chi connectivity index (χ0) is 16.4. The molecule has 0 aliphatic rings. The Morgan fingerprint density at radius 2 is 1.91 bits per heavy atom. The van der Waals surface area contributed by atoms with Gasteiger partial charge in [0.25, 0.3) is 0 Å². The maximum atomic E-state index is 13.1.